The van der Waals surface area contributed by atoms with Crippen LogP contribution in [0, 0.1) is 18.8 Å². The van der Waals surface area contributed by atoms with Crippen molar-refractivity contribution in [1.82, 2.24) is 9.88 Å². The van der Waals surface area contributed by atoms with Gasteiger partial charge in [0.25, 0.3) is 0 Å². The van der Waals surface area contributed by atoms with Crippen molar-refractivity contribution in [3.8, 4) is 0 Å². The molecule has 0 saturated carbocycles. The van der Waals surface area contributed by atoms with E-state index in [9.17, 15) is 24.0 Å². The third-order valence-corrected chi connectivity index (χ3v) is 7.39. The van der Waals surface area contributed by atoms with Crippen LogP contribution in [0.5, 0.6) is 0 Å². The van der Waals surface area contributed by atoms with E-state index in [0.717, 1.165) is 16.8 Å². The number of carbonyl (C=O) groups is 5. The molecule has 2 aliphatic heterocycles. The van der Waals surface area contributed by atoms with E-state index < -0.39 is 29.6 Å². The van der Waals surface area contributed by atoms with Crippen LogP contribution in [0.1, 0.15) is 76.6 Å². The van der Waals surface area contributed by atoms with Crippen LogP contribution in [0.25, 0.3) is 0 Å². The van der Waals surface area contributed by atoms with Crippen molar-refractivity contribution in [2.75, 3.05) is 22.5 Å². The van der Waals surface area contributed by atoms with E-state index in [-0.39, 0.29) is 35.9 Å². The van der Waals surface area contributed by atoms with Crippen molar-refractivity contribution in [3.63, 3.8) is 0 Å². The molecule has 2 aromatic rings. The SMILES string of the molecule is Cc1cc(NC(=O)C(=O)N2CCC(C(=O)C(C)C)CC2c2ccc3c(c2)CCC(=O)N3)cnc1NC(=O)OC(C)(C)C. The van der Waals surface area contributed by atoms with Gasteiger partial charge in [-0.05, 0) is 75.8 Å². The van der Waals surface area contributed by atoms with Gasteiger partial charge in [0.15, 0.2) is 0 Å². The first-order valence-corrected chi connectivity index (χ1v) is 14.3. The molecule has 2 unspecified atom stereocenters. The molecule has 11 nitrogen and oxygen atoms in total. The average molecular weight is 578 g/mol. The van der Waals surface area contributed by atoms with Crippen molar-refractivity contribution in [2.24, 2.45) is 11.8 Å². The van der Waals surface area contributed by atoms with Gasteiger partial charge in [0.05, 0.1) is 17.9 Å². The lowest BCUT2D eigenvalue weighted by atomic mass is 9.81. The topological polar surface area (TPSA) is 147 Å². The molecule has 11 heteroatoms. The largest absolute Gasteiger partial charge is 0.444 e. The van der Waals surface area contributed by atoms with E-state index in [1.807, 2.05) is 32.0 Å². The predicted octanol–water partition coefficient (Wildman–Crippen LogP) is 4.77. The number of Topliss-reactive ketones (excluding diaryl/α,β-unsaturated/α-hetero) is 1. The van der Waals surface area contributed by atoms with E-state index in [2.05, 4.69) is 20.9 Å². The van der Waals surface area contributed by atoms with E-state index >= 15 is 0 Å². The van der Waals surface area contributed by atoms with Crippen LogP contribution in [0.2, 0.25) is 0 Å². The Labute approximate surface area is 245 Å². The number of benzene rings is 1. The number of fused-ring (bicyclic) bond motifs is 1. The third-order valence-electron chi connectivity index (χ3n) is 7.39. The van der Waals surface area contributed by atoms with Crippen LogP contribution in [-0.4, -0.2) is 51.6 Å². The molecule has 3 N–H and O–H groups in total. The van der Waals surface area contributed by atoms with Gasteiger partial charge in [-0.2, -0.15) is 0 Å². The van der Waals surface area contributed by atoms with Crippen molar-refractivity contribution in [3.05, 3.63) is 47.2 Å². The molecule has 0 spiro atoms. The number of nitrogens with one attached hydrogen (secondary N) is 3. The van der Waals surface area contributed by atoms with Gasteiger partial charge >= 0.3 is 17.9 Å². The van der Waals surface area contributed by atoms with Crippen molar-refractivity contribution in [2.45, 2.75) is 78.9 Å². The highest BCUT2D eigenvalue weighted by atomic mass is 16.6. The summed E-state index contributed by atoms with van der Waals surface area (Å²) >= 11 is 0. The molecule has 42 heavy (non-hydrogen) atoms. The lowest BCUT2D eigenvalue weighted by Crippen LogP contribution is -2.47. The third kappa shape index (κ3) is 7.32. The van der Waals surface area contributed by atoms with Crippen LogP contribution in [-0.2, 0) is 30.3 Å². The molecule has 0 aliphatic carbocycles. The Bertz CT molecular complexity index is 1410. The number of ketones is 1. The number of pyridine rings is 1. The molecular weight excluding hydrogens is 538 g/mol. The smallest absolute Gasteiger partial charge is 0.413 e. The van der Waals surface area contributed by atoms with Gasteiger partial charge in [-0.15, -0.1) is 0 Å². The first kappa shape index (κ1) is 30.7. The molecule has 2 atom stereocenters. The summed E-state index contributed by atoms with van der Waals surface area (Å²) in [5, 5.41) is 8.07. The van der Waals surface area contributed by atoms with Gasteiger partial charge in [-0.3, -0.25) is 24.5 Å². The molecule has 2 aliphatic rings. The highest BCUT2D eigenvalue weighted by Gasteiger charge is 2.38. The Morgan fingerprint density at radius 2 is 1.83 bits per heavy atom. The van der Waals surface area contributed by atoms with Gasteiger partial charge in [0.1, 0.15) is 17.2 Å². The summed E-state index contributed by atoms with van der Waals surface area (Å²) in [4.78, 5) is 69.3. The maximum Gasteiger partial charge on any atom is 0.413 e. The Morgan fingerprint density at radius 3 is 2.50 bits per heavy atom. The average Bonchev–Trinajstić information content (AvgIpc) is 2.92. The zero-order chi connectivity index (χ0) is 30.8. The quantitative estimate of drug-likeness (QED) is 0.434. The van der Waals surface area contributed by atoms with Crippen molar-refractivity contribution >= 4 is 46.8 Å². The summed E-state index contributed by atoms with van der Waals surface area (Å²) in [5.41, 5.74) is 2.72. The van der Waals surface area contributed by atoms with Crippen LogP contribution >= 0.6 is 0 Å². The number of amides is 4. The Kier molecular flexibility index (Phi) is 8.98. The minimum absolute atomic E-state index is 0.0395. The second-order valence-corrected chi connectivity index (χ2v) is 12.2. The van der Waals surface area contributed by atoms with E-state index in [1.54, 1.807) is 33.8 Å². The Morgan fingerprint density at radius 1 is 1.10 bits per heavy atom. The second-order valence-electron chi connectivity index (χ2n) is 12.2. The number of ether oxygens (including phenoxy) is 1. The highest BCUT2D eigenvalue weighted by Crippen LogP contribution is 2.38. The summed E-state index contributed by atoms with van der Waals surface area (Å²) in [7, 11) is 0. The molecule has 224 valence electrons. The molecular formula is C31H39N5O6. The van der Waals surface area contributed by atoms with Crippen LogP contribution in [0.3, 0.4) is 0 Å². The molecule has 0 radical (unpaired) electrons. The zero-order valence-electron chi connectivity index (χ0n) is 25.0. The van der Waals surface area contributed by atoms with Gasteiger partial charge in [-0.25, -0.2) is 9.78 Å². The maximum atomic E-state index is 13.5. The number of likely N-dealkylation sites (tertiary alicyclic amines) is 1. The number of nitrogens with zero attached hydrogens (tertiary/aromatic N) is 2. The molecule has 1 fully saturated rings. The second kappa shape index (κ2) is 12.3. The fourth-order valence-electron chi connectivity index (χ4n) is 5.35. The number of hydrogen-bond donors (Lipinski definition) is 3. The van der Waals surface area contributed by atoms with Crippen molar-refractivity contribution in [1.29, 1.82) is 0 Å². The minimum atomic E-state index is -0.826. The molecule has 3 heterocycles. The summed E-state index contributed by atoms with van der Waals surface area (Å²) in [5.74, 6) is -1.53. The molecule has 1 saturated heterocycles. The maximum absolute atomic E-state index is 13.5. The first-order chi connectivity index (χ1) is 19.7. The summed E-state index contributed by atoms with van der Waals surface area (Å²) in [6, 6.07) is 6.75. The minimum Gasteiger partial charge on any atom is -0.444 e. The number of aryl methyl sites for hydroxylation is 2. The molecule has 4 rings (SSSR count). The van der Waals surface area contributed by atoms with E-state index in [4.69, 9.17) is 4.74 Å². The Hall–Kier alpha value is -4.28. The number of piperidine rings is 1. The normalized spacial score (nSPS) is 18.5. The predicted molar refractivity (Wildman–Crippen MR) is 158 cm³/mol. The number of anilines is 3. The number of hydrogen-bond acceptors (Lipinski definition) is 7. The number of carbonyl (C=O) groups excluding carboxylic acids is 5. The summed E-state index contributed by atoms with van der Waals surface area (Å²) in [6.07, 6.45) is 2.54. The standard InChI is InChI=1S/C31H39N5O6/c1-17(2)26(38)21-11-12-36(24(15-21)20-7-9-23-19(14-20)8-10-25(37)34-23)29(40)28(39)33-22-13-18(3)27(32-16-22)35-30(41)42-31(4,5)6/h7,9,13-14,16-17,21,24H,8,10-12,15H2,1-6H3,(H,33,39)(H,34,37)(H,32,35,41). The van der Waals surface area contributed by atoms with Gasteiger partial charge in [0, 0.05) is 30.5 Å². The lowest BCUT2D eigenvalue weighted by Gasteiger charge is -2.39. The van der Waals surface area contributed by atoms with E-state index in [0.29, 0.717) is 36.9 Å². The molecule has 4 amide bonds. The number of aromatic nitrogens is 1. The molecule has 1 aromatic heterocycles. The summed E-state index contributed by atoms with van der Waals surface area (Å²) in [6.45, 7) is 11.0. The van der Waals surface area contributed by atoms with Gasteiger partial charge in [0.2, 0.25) is 5.91 Å². The fourth-order valence-corrected chi connectivity index (χ4v) is 5.35. The molecule has 1 aromatic carbocycles. The lowest BCUT2D eigenvalue weighted by molar-refractivity contribution is -0.147. The first-order valence-electron chi connectivity index (χ1n) is 14.3. The van der Waals surface area contributed by atoms with E-state index in [1.165, 1.54) is 11.1 Å². The van der Waals surface area contributed by atoms with Gasteiger partial charge in [-0.1, -0.05) is 26.0 Å². The highest BCUT2D eigenvalue weighted by molar-refractivity contribution is 6.39. The van der Waals surface area contributed by atoms with Gasteiger partial charge < -0.3 is 20.3 Å². The van der Waals surface area contributed by atoms with Crippen LogP contribution in [0.4, 0.5) is 22.0 Å². The zero-order valence-corrected chi connectivity index (χ0v) is 25.0. The molecule has 0 bridgehead atoms. The Balaban J connectivity index is 1.52. The van der Waals surface area contributed by atoms with Crippen LogP contribution in [0.15, 0.2) is 30.5 Å². The number of rotatable bonds is 5. The fraction of sp³-hybridized carbons (Fsp3) is 0.484. The van der Waals surface area contributed by atoms with Crippen LogP contribution < -0.4 is 16.0 Å². The summed E-state index contributed by atoms with van der Waals surface area (Å²) < 4.78 is 5.26. The van der Waals surface area contributed by atoms with Crippen molar-refractivity contribution < 1.29 is 28.7 Å². The monoisotopic (exact) mass is 577 g/mol.